The predicted octanol–water partition coefficient (Wildman–Crippen LogP) is 2.37. The van der Waals surface area contributed by atoms with Gasteiger partial charge >= 0.3 is 5.97 Å². The van der Waals surface area contributed by atoms with Crippen LogP contribution in [0.5, 0.6) is 5.75 Å². The number of nitro benzene ring substituents is 1. The Morgan fingerprint density at radius 1 is 1.62 bits per heavy atom. The maximum atomic E-state index is 11.0. The molecule has 0 aromatic heterocycles. The van der Waals surface area contributed by atoms with Gasteiger partial charge in [-0.05, 0) is 22.9 Å². The Hall–Kier alpha value is -1.63. The van der Waals surface area contributed by atoms with Crippen molar-refractivity contribution >= 4 is 27.6 Å². The maximum Gasteiger partial charge on any atom is 0.340 e. The Morgan fingerprint density at radius 3 is 2.56 bits per heavy atom. The third kappa shape index (κ3) is 1.99. The van der Waals surface area contributed by atoms with Gasteiger partial charge in [0.05, 0.1) is 16.5 Å². The zero-order chi connectivity index (χ0) is 12.5. The van der Waals surface area contributed by atoms with Crippen molar-refractivity contribution in [3.63, 3.8) is 0 Å². The number of rotatable bonds is 3. The highest BCUT2D eigenvalue weighted by Crippen LogP contribution is 2.36. The number of hydrogen-bond acceptors (Lipinski definition) is 4. The standard InChI is InChI=1S/C9H8BrNO5/c1-4-7(9(12)13)6(16-2)3-5(10)8(4)11(14)15/h3H,1-2H3,(H,12,13). The van der Waals surface area contributed by atoms with E-state index in [2.05, 4.69) is 15.9 Å². The molecule has 0 unspecified atom stereocenters. The third-order valence-electron chi connectivity index (χ3n) is 2.08. The molecule has 86 valence electrons. The van der Waals surface area contributed by atoms with E-state index in [-0.39, 0.29) is 27.0 Å². The molecule has 0 saturated heterocycles. The number of carbonyl (C=O) groups is 1. The SMILES string of the molecule is COc1cc(Br)c([N+](=O)[O-])c(C)c1C(=O)O. The number of ether oxygens (including phenoxy) is 1. The number of methoxy groups -OCH3 is 1. The molecule has 0 bridgehead atoms. The number of hydrogen-bond donors (Lipinski definition) is 1. The fraction of sp³-hybridized carbons (Fsp3) is 0.222. The molecule has 6 nitrogen and oxygen atoms in total. The minimum absolute atomic E-state index is 0.0590. The summed E-state index contributed by atoms with van der Waals surface area (Å²) in [6.07, 6.45) is 0. The average Bonchev–Trinajstić information content (AvgIpc) is 2.14. The molecule has 0 aliphatic heterocycles. The van der Waals surface area contributed by atoms with Crippen LogP contribution in [0.3, 0.4) is 0 Å². The highest BCUT2D eigenvalue weighted by molar-refractivity contribution is 9.10. The molecule has 1 rings (SSSR count). The van der Waals surface area contributed by atoms with E-state index in [1.807, 2.05) is 0 Å². The summed E-state index contributed by atoms with van der Waals surface area (Å²) < 4.78 is 5.06. The third-order valence-corrected chi connectivity index (χ3v) is 2.68. The fourth-order valence-corrected chi connectivity index (χ4v) is 2.04. The van der Waals surface area contributed by atoms with Crippen LogP contribution in [0.15, 0.2) is 10.5 Å². The van der Waals surface area contributed by atoms with E-state index in [1.54, 1.807) is 0 Å². The van der Waals surface area contributed by atoms with Gasteiger partial charge in [-0.15, -0.1) is 0 Å². The van der Waals surface area contributed by atoms with Gasteiger partial charge in [-0.3, -0.25) is 10.1 Å². The monoisotopic (exact) mass is 289 g/mol. The molecule has 1 aromatic rings. The molecule has 0 heterocycles. The summed E-state index contributed by atoms with van der Waals surface area (Å²) in [7, 11) is 1.31. The lowest BCUT2D eigenvalue weighted by molar-refractivity contribution is -0.386. The lowest BCUT2D eigenvalue weighted by atomic mass is 10.1. The second-order valence-electron chi connectivity index (χ2n) is 2.97. The molecule has 0 atom stereocenters. The van der Waals surface area contributed by atoms with E-state index < -0.39 is 10.9 Å². The molecule has 0 saturated carbocycles. The number of nitrogens with zero attached hydrogens (tertiary/aromatic N) is 1. The van der Waals surface area contributed by atoms with Crippen LogP contribution < -0.4 is 4.74 Å². The first-order valence-corrected chi connectivity index (χ1v) is 4.94. The van der Waals surface area contributed by atoms with Gasteiger partial charge in [0.2, 0.25) is 0 Å². The average molecular weight is 290 g/mol. The van der Waals surface area contributed by atoms with Gasteiger partial charge in [-0.2, -0.15) is 0 Å². The number of carboxylic acid groups (broad SMARTS) is 1. The Bertz CT molecular complexity index is 471. The summed E-state index contributed by atoms with van der Waals surface area (Å²) in [4.78, 5) is 21.1. The van der Waals surface area contributed by atoms with Crippen LogP contribution in [-0.4, -0.2) is 23.1 Å². The number of halogens is 1. The summed E-state index contributed by atoms with van der Waals surface area (Å²) >= 11 is 3.01. The van der Waals surface area contributed by atoms with Crippen LogP contribution in [0.1, 0.15) is 15.9 Å². The largest absolute Gasteiger partial charge is 0.496 e. The minimum atomic E-state index is -1.26. The van der Waals surface area contributed by atoms with Gasteiger partial charge in [-0.25, -0.2) is 4.79 Å². The number of carboxylic acids is 1. The van der Waals surface area contributed by atoms with Crippen LogP contribution >= 0.6 is 15.9 Å². The molecule has 16 heavy (non-hydrogen) atoms. The van der Waals surface area contributed by atoms with E-state index in [1.165, 1.54) is 20.1 Å². The summed E-state index contributed by atoms with van der Waals surface area (Å²) in [5.74, 6) is -1.17. The van der Waals surface area contributed by atoms with Gasteiger partial charge in [0, 0.05) is 11.6 Å². The molecular formula is C9H8BrNO5. The zero-order valence-corrected chi connectivity index (χ0v) is 10.1. The van der Waals surface area contributed by atoms with Crippen molar-refractivity contribution in [3.05, 3.63) is 31.8 Å². The predicted molar refractivity (Wildman–Crippen MR) is 59.0 cm³/mol. The lowest BCUT2D eigenvalue weighted by Gasteiger charge is -2.09. The Morgan fingerprint density at radius 2 is 2.19 bits per heavy atom. The highest BCUT2D eigenvalue weighted by atomic mass is 79.9. The first-order valence-electron chi connectivity index (χ1n) is 4.15. The van der Waals surface area contributed by atoms with Crippen molar-refractivity contribution in [2.75, 3.05) is 7.11 Å². The molecule has 0 aliphatic rings. The minimum Gasteiger partial charge on any atom is -0.496 e. The van der Waals surface area contributed by atoms with Crippen molar-refractivity contribution in [3.8, 4) is 5.75 Å². The fourth-order valence-electron chi connectivity index (χ4n) is 1.39. The van der Waals surface area contributed by atoms with Crippen LogP contribution in [0.2, 0.25) is 0 Å². The molecule has 0 fully saturated rings. The molecule has 7 heteroatoms. The quantitative estimate of drug-likeness (QED) is 0.681. The van der Waals surface area contributed by atoms with E-state index in [0.717, 1.165) is 0 Å². The van der Waals surface area contributed by atoms with Crippen molar-refractivity contribution in [2.45, 2.75) is 6.92 Å². The molecule has 0 amide bonds. The molecule has 1 N–H and O–H groups in total. The molecule has 0 radical (unpaired) electrons. The van der Waals surface area contributed by atoms with E-state index >= 15 is 0 Å². The normalized spacial score (nSPS) is 9.94. The topological polar surface area (TPSA) is 89.7 Å². The number of benzene rings is 1. The van der Waals surface area contributed by atoms with Crippen LogP contribution in [0.4, 0.5) is 5.69 Å². The van der Waals surface area contributed by atoms with E-state index in [0.29, 0.717) is 0 Å². The Labute approximate surface area is 99.1 Å². The smallest absolute Gasteiger partial charge is 0.340 e. The second-order valence-corrected chi connectivity index (χ2v) is 3.83. The van der Waals surface area contributed by atoms with Crippen molar-refractivity contribution in [1.82, 2.24) is 0 Å². The molecular weight excluding hydrogens is 282 g/mol. The van der Waals surface area contributed by atoms with Gasteiger partial charge in [-0.1, -0.05) is 0 Å². The molecule has 0 spiro atoms. The van der Waals surface area contributed by atoms with Gasteiger partial charge in [0.1, 0.15) is 11.3 Å². The zero-order valence-electron chi connectivity index (χ0n) is 8.48. The van der Waals surface area contributed by atoms with Crippen molar-refractivity contribution < 1.29 is 19.6 Å². The van der Waals surface area contributed by atoms with Crippen LogP contribution in [0.25, 0.3) is 0 Å². The van der Waals surface area contributed by atoms with Crippen LogP contribution in [0, 0.1) is 17.0 Å². The van der Waals surface area contributed by atoms with Crippen LogP contribution in [-0.2, 0) is 0 Å². The number of aromatic carboxylic acids is 1. The first-order chi connectivity index (χ1) is 7.40. The molecule has 0 aliphatic carbocycles. The summed E-state index contributed by atoms with van der Waals surface area (Å²) in [6.45, 7) is 1.37. The van der Waals surface area contributed by atoms with Gasteiger partial charge in [0.15, 0.2) is 0 Å². The molecule has 1 aromatic carbocycles. The Kier molecular flexibility index (Phi) is 3.48. The second kappa shape index (κ2) is 4.48. The van der Waals surface area contributed by atoms with Gasteiger partial charge in [0.25, 0.3) is 5.69 Å². The lowest BCUT2D eigenvalue weighted by Crippen LogP contribution is -2.06. The summed E-state index contributed by atoms with van der Waals surface area (Å²) in [6, 6.07) is 1.27. The number of nitro groups is 1. The van der Waals surface area contributed by atoms with E-state index in [4.69, 9.17) is 9.84 Å². The van der Waals surface area contributed by atoms with Crippen molar-refractivity contribution in [2.24, 2.45) is 0 Å². The first kappa shape index (κ1) is 12.4. The van der Waals surface area contributed by atoms with E-state index in [9.17, 15) is 14.9 Å². The highest BCUT2D eigenvalue weighted by Gasteiger charge is 2.26. The summed E-state index contributed by atoms with van der Waals surface area (Å²) in [5.41, 5.74) is -0.403. The summed E-state index contributed by atoms with van der Waals surface area (Å²) in [5, 5.41) is 19.7. The van der Waals surface area contributed by atoms with Crippen molar-refractivity contribution in [1.29, 1.82) is 0 Å². The van der Waals surface area contributed by atoms with Gasteiger partial charge < -0.3 is 9.84 Å². The Balaban J connectivity index is 3.65. The maximum absolute atomic E-state index is 11.0.